The standard InChI is InChI=1S/C15H29NO3/c1-12-15(2,8-9-18-12)16-10-13(17)11-19-14-6-4-3-5-7-14/h12-14,16-17H,3-11H2,1-2H3. The Labute approximate surface area is 116 Å². The first-order valence-corrected chi connectivity index (χ1v) is 7.76. The van der Waals surface area contributed by atoms with Gasteiger partial charge in [-0.1, -0.05) is 19.3 Å². The van der Waals surface area contributed by atoms with Crippen LogP contribution in [0.2, 0.25) is 0 Å². The summed E-state index contributed by atoms with van der Waals surface area (Å²) in [4.78, 5) is 0. The van der Waals surface area contributed by atoms with Crippen molar-refractivity contribution in [3.8, 4) is 0 Å². The molecule has 2 fully saturated rings. The Hall–Kier alpha value is -0.160. The van der Waals surface area contributed by atoms with Gasteiger partial charge in [0.25, 0.3) is 0 Å². The molecule has 1 saturated heterocycles. The van der Waals surface area contributed by atoms with E-state index in [1.54, 1.807) is 0 Å². The monoisotopic (exact) mass is 271 g/mol. The Morgan fingerprint density at radius 1 is 1.37 bits per heavy atom. The van der Waals surface area contributed by atoms with E-state index in [1.807, 2.05) is 0 Å². The van der Waals surface area contributed by atoms with Gasteiger partial charge < -0.3 is 19.9 Å². The van der Waals surface area contributed by atoms with E-state index in [-0.39, 0.29) is 11.6 Å². The molecule has 1 saturated carbocycles. The molecular weight excluding hydrogens is 242 g/mol. The largest absolute Gasteiger partial charge is 0.389 e. The van der Waals surface area contributed by atoms with Crippen LogP contribution in [0.1, 0.15) is 52.4 Å². The lowest BCUT2D eigenvalue weighted by atomic mass is 9.94. The van der Waals surface area contributed by atoms with Crippen molar-refractivity contribution in [3.05, 3.63) is 0 Å². The van der Waals surface area contributed by atoms with Gasteiger partial charge in [0, 0.05) is 18.7 Å². The summed E-state index contributed by atoms with van der Waals surface area (Å²) in [5.41, 5.74) is -0.00812. The number of aliphatic hydroxyl groups excluding tert-OH is 1. The molecule has 0 aromatic rings. The average molecular weight is 271 g/mol. The first kappa shape index (κ1) is 15.2. The average Bonchev–Trinajstić information content (AvgIpc) is 2.76. The molecule has 0 spiro atoms. The second-order valence-electron chi connectivity index (χ2n) is 6.31. The molecule has 2 rings (SSSR count). The van der Waals surface area contributed by atoms with E-state index in [0.29, 0.717) is 19.3 Å². The Morgan fingerprint density at radius 3 is 2.74 bits per heavy atom. The number of hydrogen-bond donors (Lipinski definition) is 2. The molecule has 0 amide bonds. The van der Waals surface area contributed by atoms with Crippen LogP contribution in [0.3, 0.4) is 0 Å². The molecule has 4 nitrogen and oxygen atoms in total. The minimum Gasteiger partial charge on any atom is -0.389 e. The van der Waals surface area contributed by atoms with Crippen molar-refractivity contribution in [2.45, 2.75) is 76.2 Å². The quantitative estimate of drug-likeness (QED) is 0.774. The zero-order valence-electron chi connectivity index (χ0n) is 12.4. The summed E-state index contributed by atoms with van der Waals surface area (Å²) in [5, 5.41) is 13.5. The van der Waals surface area contributed by atoms with Gasteiger partial charge in [0.05, 0.1) is 24.9 Å². The predicted molar refractivity (Wildman–Crippen MR) is 75.3 cm³/mol. The topological polar surface area (TPSA) is 50.7 Å². The van der Waals surface area contributed by atoms with E-state index in [9.17, 15) is 5.11 Å². The second-order valence-corrected chi connectivity index (χ2v) is 6.31. The summed E-state index contributed by atoms with van der Waals surface area (Å²) >= 11 is 0. The lowest BCUT2D eigenvalue weighted by molar-refractivity contribution is -0.0260. The summed E-state index contributed by atoms with van der Waals surface area (Å²) in [6, 6.07) is 0. The second kappa shape index (κ2) is 7.02. The van der Waals surface area contributed by atoms with E-state index >= 15 is 0 Å². The van der Waals surface area contributed by atoms with Crippen molar-refractivity contribution in [2.24, 2.45) is 0 Å². The van der Waals surface area contributed by atoms with Crippen LogP contribution >= 0.6 is 0 Å². The summed E-state index contributed by atoms with van der Waals surface area (Å²) in [6.07, 6.45) is 7.34. The van der Waals surface area contributed by atoms with Crippen molar-refractivity contribution in [1.29, 1.82) is 0 Å². The van der Waals surface area contributed by atoms with Gasteiger partial charge in [-0.15, -0.1) is 0 Å². The highest BCUT2D eigenvalue weighted by Crippen LogP contribution is 2.25. The summed E-state index contributed by atoms with van der Waals surface area (Å²) in [7, 11) is 0. The van der Waals surface area contributed by atoms with Crippen molar-refractivity contribution < 1.29 is 14.6 Å². The van der Waals surface area contributed by atoms with Crippen molar-refractivity contribution in [2.75, 3.05) is 19.8 Å². The fourth-order valence-corrected chi connectivity index (χ4v) is 2.96. The van der Waals surface area contributed by atoms with Gasteiger partial charge in [-0.3, -0.25) is 0 Å². The van der Waals surface area contributed by atoms with Crippen molar-refractivity contribution >= 4 is 0 Å². The molecule has 1 aliphatic carbocycles. The molecule has 3 unspecified atom stereocenters. The Morgan fingerprint density at radius 2 is 2.11 bits per heavy atom. The maximum Gasteiger partial charge on any atom is 0.0898 e. The molecule has 0 aromatic heterocycles. The van der Waals surface area contributed by atoms with Crippen LogP contribution in [-0.4, -0.2) is 48.7 Å². The maximum atomic E-state index is 10.0. The molecular formula is C15H29NO3. The van der Waals surface area contributed by atoms with Gasteiger partial charge in [0.15, 0.2) is 0 Å². The third kappa shape index (κ3) is 4.42. The van der Waals surface area contributed by atoms with Crippen LogP contribution in [0.5, 0.6) is 0 Å². The number of aliphatic hydroxyl groups is 1. The Bertz CT molecular complexity index is 268. The SMILES string of the molecule is CC1OCCC1(C)NCC(O)COC1CCCCC1. The molecule has 2 N–H and O–H groups in total. The van der Waals surface area contributed by atoms with Crippen LogP contribution in [0.25, 0.3) is 0 Å². The zero-order chi connectivity index (χ0) is 13.7. The third-order valence-electron chi connectivity index (χ3n) is 4.70. The van der Waals surface area contributed by atoms with Crippen LogP contribution < -0.4 is 5.32 Å². The normalized spacial score (nSPS) is 34.6. The van der Waals surface area contributed by atoms with Gasteiger partial charge in [-0.25, -0.2) is 0 Å². The highest BCUT2D eigenvalue weighted by Gasteiger charge is 2.36. The van der Waals surface area contributed by atoms with Gasteiger partial charge >= 0.3 is 0 Å². The van der Waals surface area contributed by atoms with Gasteiger partial charge in [0.2, 0.25) is 0 Å². The number of hydrogen-bond acceptors (Lipinski definition) is 4. The fraction of sp³-hybridized carbons (Fsp3) is 1.00. The highest BCUT2D eigenvalue weighted by molar-refractivity contribution is 4.93. The minimum atomic E-state index is -0.424. The first-order valence-electron chi connectivity index (χ1n) is 7.76. The molecule has 0 radical (unpaired) electrons. The molecule has 19 heavy (non-hydrogen) atoms. The summed E-state index contributed by atoms with van der Waals surface area (Å²) < 4.78 is 11.4. The van der Waals surface area contributed by atoms with E-state index in [0.717, 1.165) is 25.9 Å². The van der Waals surface area contributed by atoms with E-state index in [4.69, 9.17) is 9.47 Å². The van der Waals surface area contributed by atoms with Gasteiger partial charge in [0.1, 0.15) is 0 Å². The van der Waals surface area contributed by atoms with Crippen LogP contribution in [0.15, 0.2) is 0 Å². The maximum absolute atomic E-state index is 10.0. The molecule has 2 aliphatic rings. The molecule has 112 valence electrons. The van der Waals surface area contributed by atoms with E-state index < -0.39 is 6.10 Å². The Kier molecular flexibility index (Phi) is 5.63. The molecule has 0 bridgehead atoms. The lowest BCUT2D eigenvalue weighted by Gasteiger charge is -2.30. The molecule has 0 aromatic carbocycles. The van der Waals surface area contributed by atoms with E-state index in [1.165, 1.54) is 19.3 Å². The minimum absolute atomic E-state index is 0.00812. The molecule has 3 atom stereocenters. The van der Waals surface area contributed by atoms with Gasteiger partial charge in [-0.2, -0.15) is 0 Å². The van der Waals surface area contributed by atoms with Crippen LogP contribution in [-0.2, 0) is 9.47 Å². The fourth-order valence-electron chi connectivity index (χ4n) is 2.96. The van der Waals surface area contributed by atoms with Crippen molar-refractivity contribution in [3.63, 3.8) is 0 Å². The molecule has 1 heterocycles. The zero-order valence-corrected chi connectivity index (χ0v) is 12.4. The highest BCUT2D eigenvalue weighted by atomic mass is 16.5. The lowest BCUT2D eigenvalue weighted by Crippen LogP contribution is -2.51. The van der Waals surface area contributed by atoms with Gasteiger partial charge in [-0.05, 0) is 33.1 Å². The number of β-amino-alcohol motifs (C(OH)–C–C–N with tert-alkyl or cyclic N) is 1. The number of ether oxygens (including phenoxy) is 2. The molecule has 1 aliphatic heterocycles. The van der Waals surface area contributed by atoms with Crippen molar-refractivity contribution in [1.82, 2.24) is 5.32 Å². The summed E-state index contributed by atoms with van der Waals surface area (Å²) in [6.45, 7) is 6.09. The smallest absolute Gasteiger partial charge is 0.0898 e. The van der Waals surface area contributed by atoms with Crippen LogP contribution in [0, 0.1) is 0 Å². The predicted octanol–water partition coefficient (Wildman–Crippen LogP) is 1.85. The first-order chi connectivity index (χ1) is 9.10. The summed E-state index contributed by atoms with van der Waals surface area (Å²) in [5.74, 6) is 0. The Balaban J connectivity index is 1.62. The molecule has 4 heteroatoms. The third-order valence-corrected chi connectivity index (χ3v) is 4.70. The van der Waals surface area contributed by atoms with E-state index in [2.05, 4.69) is 19.2 Å². The number of nitrogens with one attached hydrogen (secondary N) is 1. The van der Waals surface area contributed by atoms with Crippen LogP contribution in [0.4, 0.5) is 0 Å². The number of rotatable bonds is 6.